The second-order valence-electron chi connectivity index (χ2n) is 6.39. The van der Waals surface area contributed by atoms with E-state index in [1.807, 2.05) is 6.07 Å². The minimum atomic E-state index is -0.249. The first kappa shape index (κ1) is 15.5. The Bertz CT molecular complexity index is 557. The average molecular weight is 306 g/mol. The highest BCUT2D eigenvalue weighted by Crippen LogP contribution is 2.45. The molecule has 2 fully saturated rings. The molecule has 4 unspecified atom stereocenters. The molecule has 3 rings (SSSR count). The first-order chi connectivity index (χ1) is 10.6. The van der Waals surface area contributed by atoms with E-state index in [-0.39, 0.29) is 29.9 Å². The second kappa shape index (κ2) is 6.37. The van der Waals surface area contributed by atoms with Crippen LogP contribution in [-0.4, -0.2) is 24.8 Å². The summed E-state index contributed by atoms with van der Waals surface area (Å²) in [7, 11) is 0. The van der Waals surface area contributed by atoms with E-state index < -0.39 is 0 Å². The quantitative estimate of drug-likeness (QED) is 0.783. The first-order valence-corrected chi connectivity index (χ1v) is 8.14. The fourth-order valence-electron chi connectivity index (χ4n) is 3.98. The molecule has 2 bridgehead atoms. The Morgan fingerprint density at radius 1 is 1.27 bits per heavy atom. The summed E-state index contributed by atoms with van der Waals surface area (Å²) in [5.41, 5.74) is 2.26. The molecule has 1 aromatic rings. The number of benzene rings is 1. The molecule has 1 aromatic carbocycles. The Balaban J connectivity index is 1.77. The van der Waals surface area contributed by atoms with Crippen molar-refractivity contribution in [2.45, 2.75) is 51.7 Å². The van der Waals surface area contributed by atoms with Gasteiger partial charge in [0.05, 0.1) is 18.8 Å². The minimum Gasteiger partial charge on any atom is -0.465 e. The lowest BCUT2D eigenvalue weighted by Crippen LogP contribution is -2.33. The van der Waals surface area contributed by atoms with Gasteiger partial charge in [0.2, 0.25) is 0 Å². The fraction of sp³-hybridized carbons (Fsp3) is 0.611. The number of halogens is 1. The smallest absolute Gasteiger partial charge is 0.302 e. The zero-order chi connectivity index (χ0) is 15.7. The van der Waals surface area contributed by atoms with E-state index in [1.165, 1.54) is 18.6 Å². The van der Waals surface area contributed by atoms with Crippen LogP contribution in [-0.2, 0) is 27.1 Å². The predicted molar refractivity (Wildman–Crippen MR) is 81.0 cm³/mol. The van der Waals surface area contributed by atoms with E-state index in [0.29, 0.717) is 12.5 Å². The van der Waals surface area contributed by atoms with Crippen LogP contribution in [0.4, 0.5) is 4.39 Å². The van der Waals surface area contributed by atoms with Crippen LogP contribution in [0.3, 0.4) is 0 Å². The van der Waals surface area contributed by atoms with E-state index in [9.17, 15) is 9.18 Å². The molecule has 0 aliphatic carbocycles. The van der Waals surface area contributed by atoms with Crippen LogP contribution >= 0.6 is 0 Å². The predicted octanol–water partition coefficient (Wildman–Crippen LogP) is 3.29. The van der Waals surface area contributed by atoms with Crippen molar-refractivity contribution in [2.75, 3.05) is 6.61 Å². The molecule has 4 atom stereocenters. The monoisotopic (exact) mass is 306 g/mol. The van der Waals surface area contributed by atoms with Gasteiger partial charge in [-0.05, 0) is 54.9 Å². The highest BCUT2D eigenvalue weighted by atomic mass is 19.1. The molecular weight excluding hydrogens is 283 g/mol. The van der Waals surface area contributed by atoms with Crippen LogP contribution in [0.25, 0.3) is 0 Å². The van der Waals surface area contributed by atoms with Crippen LogP contribution < -0.4 is 0 Å². The van der Waals surface area contributed by atoms with Gasteiger partial charge in [-0.2, -0.15) is 0 Å². The highest BCUT2D eigenvalue weighted by Gasteiger charge is 2.49. The van der Waals surface area contributed by atoms with E-state index >= 15 is 0 Å². The Morgan fingerprint density at radius 3 is 2.68 bits per heavy atom. The summed E-state index contributed by atoms with van der Waals surface area (Å²) in [6.07, 6.45) is 4.20. The summed E-state index contributed by atoms with van der Waals surface area (Å²) >= 11 is 0. The number of hydrogen-bond donors (Lipinski definition) is 0. The standard InChI is InChI=1S/C18H23FO3/c1-3-12-4-5-14(19)8-13(12)9-15-16(10-21-11(2)20)18-7-6-17(15)22-18/h4-5,8,15-18H,3,6-7,9-10H2,1-2H3. The van der Waals surface area contributed by atoms with Crippen molar-refractivity contribution in [3.8, 4) is 0 Å². The van der Waals surface area contributed by atoms with Crippen molar-refractivity contribution in [3.05, 3.63) is 35.1 Å². The summed E-state index contributed by atoms with van der Waals surface area (Å²) in [5, 5.41) is 0. The number of rotatable bonds is 5. The van der Waals surface area contributed by atoms with Crippen molar-refractivity contribution in [2.24, 2.45) is 11.8 Å². The van der Waals surface area contributed by atoms with Crippen LogP contribution in [0.1, 0.15) is 37.8 Å². The minimum absolute atomic E-state index is 0.187. The molecule has 2 aliphatic heterocycles. The largest absolute Gasteiger partial charge is 0.465 e. The van der Waals surface area contributed by atoms with Gasteiger partial charge in [-0.3, -0.25) is 4.79 Å². The Labute approximate surface area is 130 Å². The Morgan fingerprint density at radius 2 is 2.00 bits per heavy atom. The summed E-state index contributed by atoms with van der Waals surface area (Å²) in [4.78, 5) is 11.1. The van der Waals surface area contributed by atoms with E-state index in [4.69, 9.17) is 9.47 Å². The van der Waals surface area contributed by atoms with E-state index in [1.54, 1.807) is 6.07 Å². The molecule has 0 radical (unpaired) electrons. The first-order valence-electron chi connectivity index (χ1n) is 8.14. The van der Waals surface area contributed by atoms with Crippen molar-refractivity contribution < 1.29 is 18.7 Å². The van der Waals surface area contributed by atoms with Gasteiger partial charge >= 0.3 is 5.97 Å². The normalized spacial score (nSPS) is 29.8. The third-order valence-electron chi connectivity index (χ3n) is 5.07. The molecule has 0 N–H and O–H groups in total. The molecular formula is C18H23FO3. The number of esters is 1. The SMILES string of the molecule is CCc1ccc(F)cc1CC1C2CCC(O2)C1COC(C)=O. The molecule has 22 heavy (non-hydrogen) atoms. The van der Waals surface area contributed by atoms with Crippen LogP contribution in [0.2, 0.25) is 0 Å². The Hall–Kier alpha value is -1.42. The number of fused-ring (bicyclic) bond motifs is 2. The van der Waals surface area contributed by atoms with E-state index in [0.717, 1.165) is 31.2 Å². The van der Waals surface area contributed by atoms with Crippen molar-refractivity contribution in [1.29, 1.82) is 0 Å². The maximum absolute atomic E-state index is 13.6. The molecule has 3 nitrogen and oxygen atoms in total. The van der Waals surface area contributed by atoms with Gasteiger partial charge < -0.3 is 9.47 Å². The van der Waals surface area contributed by atoms with Gasteiger partial charge in [0.15, 0.2) is 0 Å². The third kappa shape index (κ3) is 3.02. The van der Waals surface area contributed by atoms with Gasteiger partial charge in [0.25, 0.3) is 0 Å². The number of carbonyl (C=O) groups is 1. The maximum atomic E-state index is 13.6. The second-order valence-corrected chi connectivity index (χ2v) is 6.39. The van der Waals surface area contributed by atoms with E-state index in [2.05, 4.69) is 6.92 Å². The topological polar surface area (TPSA) is 35.5 Å². The van der Waals surface area contributed by atoms with Gasteiger partial charge in [0.1, 0.15) is 5.82 Å². The van der Waals surface area contributed by atoms with Crippen LogP contribution in [0.5, 0.6) is 0 Å². The number of carbonyl (C=O) groups excluding carboxylic acids is 1. The molecule has 2 heterocycles. The molecule has 120 valence electrons. The lowest BCUT2D eigenvalue weighted by molar-refractivity contribution is -0.143. The van der Waals surface area contributed by atoms with Crippen molar-refractivity contribution in [3.63, 3.8) is 0 Å². The zero-order valence-corrected chi connectivity index (χ0v) is 13.2. The van der Waals surface area contributed by atoms with Crippen LogP contribution in [0, 0.1) is 17.7 Å². The van der Waals surface area contributed by atoms with Gasteiger partial charge in [-0.25, -0.2) is 4.39 Å². The Kier molecular flexibility index (Phi) is 4.48. The summed E-state index contributed by atoms with van der Waals surface area (Å²) in [6, 6.07) is 5.05. The van der Waals surface area contributed by atoms with Crippen molar-refractivity contribution in [1.82, 2.24) is 0 Å². The van der Waals surface area contributed by atoms with Gasteiger partial charge in [-0.1, -0.05) is 13.0 Å². The molecule has 0 amide bonds. The fourth-order valence-corrected chi connectivity index (χ4v) is 3.98. The molecule has 4 heteroatoms. The lowest BCUT2D eigenvalue weighted by atomic mass is 9.76. The lowest BCUT2D eigenvalue weighted by Gasteiger charge is -2.28. The summed E-state index contributed by atoms with van der Waals surface area (Å²) < 4.78 is 24.9. The summed E-state index contributed by atoms with van der Waals surface area (Å²) in [5.74, 6) is 0.107. The molecule has 2 saturated heterocycles. The highest BCUT2D eigenvalue weighted by molar-refractivity contribution is 5.65. The van der Waals surface area contributed by atoms with Gasteiger partial charge in [-0.15, -0.1) is 0 Å². The number of hydrogen-bond acceptors (Lipinski definition) is 3. The maximum Gasteiger partial charge on any atom is 0.302 e. The number of ether oxygens (including phenoxy) is 2. The van der Waals surface area contributed by atoms with Gasteiger partial charge in [0, 0.05) is 12.8 Å². The molecule has 0 spiro atoms. The zero-order valence-electron chi connectivity index (χ0n) is 13.2. The average Bonchev–Trinajstić information content (AvgIpc) is 3.07. The summed E-state index contributed by atoms with van der Waals surface area (Å²) in [6.45, 7) is 3.94. The molecule has 0 saturated carbocycles. The molecule has 2 aliphatic rings. The third-order valence-corrected chi connectivity index (χ3v) is 5.07. The number of aryl methyl sites for hydroxylation is 1. The van der Waals surface area contributed by atoms with Crippen molar-refractivity contribution >= 4 is 5.97 Å². The van der Waals surface area contributed by atoms with Crippen LogP contribution in [0.15, 0.2) is 18.2 Å². The molecule has 0 aromatic heterocycles.